The van der Waals surface area contributed by atoms with Crippen molar-refractivity contribution in [1.29, 1.82) is 0 Å². The summed E-state index contributed by atoms with van der Waals surface area (Å²) in [6.07, 6.45) is 0. The molecule has 2 aromatic carbocycles. The first-order valence-corrected chi connectivity index (χ1v) is 8.20. The van der Waals surface area contributed by atoms with E-state index in [0.717, 1.165) is 0 Å². The number of H-pyrrole nitrogens is 1. The van der Waals surface area contributed by atoms with E-state index in [2.05, 4.69) is 20.5 Å². The number of nitrogens with one attached hydrogen (secondary N) is 2. The number of benzene rings is 2. The fourth-order valence-corrected chi connectivity index (χ4v) is 3.06. The number of aromatic nitrogens is 2. The Balaban J connectivity index is 2.02. The van der Waals surface area contributed by atoms with Gasteiger partial charge in [-0.15, -0.1) is 0 Å². The molecule has 128 valence electrons. The SMILES string of the molecule is O=c1[nH]c2ccccc2nc1/C(CO)=N/Nc1c(Cl)cc(Cl)cc1Cl. The van der Waals surface area contributed by atoms with Gasteiger partial charge in [-0.1, -0.05) is 46.9 Å². The molecule has 0 aliphatic heterocycles. The molecular formula is C16H11Cl3N4O2. The molecule has 0 aliphatic carbocycles. The van der Waals surface area contributed by atoms with Crippen LogP contribution in [-0.2, 0) is 0 Å². The summed E-state index contributed by atoms with van der Waals surface area (Å²) < 4.78 is 0. The predicted octanol–water partition coefficient (Wildman–Crippen LogP) is 3.69. The molecule has 0 amide bonds. The van der Waals surface area contributed by atoms with Gasteiger partial charge in [0.15, 0.2) is 5.69 Å². The molecule has 0 radical (unpaired) electrons. The first-order valence-electron chi connectivity index (χ1n) is 7.07. The lowest BCUT2D eigenvalue weighted by molar-refractivity contribution is 0.357. The first kappa shape index (κ1) is 17.7. The van der Waals surface area contributed by atoms with Crippen LogP contribution in [0.2, 0.25) is 15.1 Å². The molecule has 0 bridgehead atoms. The van der Waals surface area contributed by atoms with E-state index in [1.54, 1.807) is 24.3 Å². The molecule has 25 heavy (non-hydrogen) atoms. The highest BCUT2D eigenvalue weighted by atomic mass is 35.5. The molecule has 3 N–H and O–H groups in total. The second kappa shape index (κ2) is 7.41. The Morgan fingerprint density at radius 1 is 1.20 bits per heavy atom. The van der Waals surface area contributed by atoms with Gasteiger partial charge in [0.1, 0.15) is 5.71 Å². The van der Waals surface area contributed by atoms with Crippen molar-refractivity contribution in [1.82, 2.24) is 9.97 Å². The van der Waals surface area contributed by atoms with Gasteiger partial charge in [-0.05, 0) is 24.3 Å². The highest BCUT2D eigenvalue weighted by Gasteiger charge is 2.13. The summed E-state index contributed by atoms with van der Waals surface area (Å²) in [5, 5.41) is 14.5. The molecule has 0 spiro atoms. The number of hydrazone groups is 1. The van der Waals surface area contributed by atoms with Gasteiger partial charge in [0, 0.05) is 5.02 Å². The Labute approximate surface area is 157 Å². The maximum absolute atomic E-state index is 12.2. The van der Waals surface area contributed by atoms with Crippen LogP contribution >= 0.6 is 34.8 Å². The van der Waals surface area contributed by atoms with Crippen LogP contribution < -0.4 is 11.0 Å². The molecule has 3 rings (SSSR count). The molecule has 9 heteroatoms. The zero-order chi connectivity index (χ0) is 18.0. The lowest BCUT2D eigenvalue weighted by atomic mass is 10.2. The Morgan fingerprint density at radius 2 is 1.88 bits per heavy atom. The normalized spacial score (nSPS) is 11.8. The predicted molar refractivity (Wildman–Crippen MR) is 101 cm³/mol. The van der Waals surface area contributed by atoms with E-state index in [-0.39, 0.29) is 21.5 Å². The summed E-state index contributed by atoms with van der Waals surface area (Å²) in [5.74, 6) is 0. The quantitative estimate of drug-likeness (QED) is 0.462. The van der Waals surface area contributed by atoms with E-state index in [4.69, 9.17) is 34.8 Å². The van der Waals surface area contributed by atoms with Crippen molar-refractivity contribution in [2.75, 3.05) is 12.0 Å². The lowest BCUT2D eigenvalue weighted by Crippen LogP contribution is -2.24. The summed E-state index contributed by atoms with van der Waals surface area (Å²) >= 11 is 18.0. The Morgan fingerprint density at radius 3 is 2.56 bits per heavy atom. The summed E-state index contributed by atoms with van der Waals surface area (Å²) in [4.78, 5) is 19.2. The van der Waals surface area contributed by atoms with Crippen molar-refractivity contribution < 1.29 is 5.11 Å². The third kappa shape index (κ3) is 3.77. The molecule has 1 aromatic heterocycles. The van der Waals surface area contributed by atoms with Gasteiger partial charge < -0.3 is 10.1 Å². The van der Waals surface area contributed by atoms with E-state index in [0.29, 0.717) is 21.7 Å². The third-order valence-corrected chi connectivity index (χ3v) is 4.15. The lowest BCUT2D eigenvalue weighted by Gasteiger charge is -2.09. The van der Waals surface area contributed by atoms with Crippen molar-refractivity contribution in [2.45, 2.75) is 0 Å². The zero-order valence-electron chi connectivity index (χ0n) is 12.6. The highest BCUT2D eigenvalue weighted by Crippen LogP contribution is 2.33. The van der Waals surface area contributed by atoms with Gasteiger partial charge in [-0.25, -0.2) is 4.98 Å². The van der Waals surface area contributed by atoms with E-state index < -0.39 is 12.2 Å². The van der Waals surface area contributed by atoms with Crippen LogP contribution in [-0.4, -0.2) is 27.4 Å². The van der Waals surface area contributed by atoms with Gasteiger partial charge in [-0.3, -0.25) is 10.2 Å². The van der Waals surface area contributed by atoms with Gasteiger partial charge in [-0.2, -0.15) is 5.10 Å². The minimum atomic E-state index is -0.510. The molecule has 0 saturated heterocycles. The monoisotopic (exact) mass is 396 g/mol. The van der Waals surface area contributed by atoms with E-state index >= 15 is 0 Å². The molecule has 0 aliphatic rings. The van der Waals surface area contributed by atoms with Crippen LogP contribution in [0.4, 0.5) is 5.69 Å². The third-order valence-electron chi connectivity index (χ3n) is 3.33. The van der Waals surface area contributed by atoms with Crippen molar-refractivity contribution in [3.8, 4) is 0 Å². The molecule has 3 aromatic rings. The minimum Gasteiger partial charge on any atom is -0.390 e. The van der Waals surface area contributed by atoms with Gasteiger partial charge in [0.05, 0.1) is 33.4 Å². The average molecular weight is 398 g/mol. The number of halogens is 3. The van der Waals surface area contributed by atoms with Crippen molar-refractivity contribution in [2.24, 2.45) is 5.10 Å². The summed E-state index contributed by atoms with van der Waals surface area (Å²) in [5.41, 5.74) is 3.67. The summed E-state index contributed by atoms with van der Waals surface area (Å²) in [6.45, 7) is -0.510. The number of hydrogen-bond acceptors (Lipinski definition) is 5. The van der Waals surface area contributed by atoms with Crippen LogP contribution in [0.3, 0.4) is 0 Å². The van der Waals surface area contributed by atoms with Gasteiger partial charge >= 0.3 is 0 Å². The van der Waals surface area contributed by atoms with Gasteiger partial charge in [0.2, 0.25) is 0 Å². The number of aliphatic hydroxyl groups is 1. The number of nitrogens with zero attached hydrogens (tertiary/aromatic N) is 2. The zero-order valence-corrected chi connectivity index (χ0v) is 14.8. The molecular weight excluding hydrogens is 387 g/mol. The van der Waals surface area contributed by atoms with Crippen LogP contribution in [0.5, 0.6) is 0 Å². The molecule has 0 saturated carbocycles. The maximum atomic E-state index is 12.2. The number of para-hydroxylation sites is 2. The van der Waals surface area contributed by atoms with Crippen LogP contribution in [0.1, 0.15) is 5.69 Å². The van der Waals surface area contributed by atoms with Crippen LogP contribution in [0.25, 0.3) is 11.0 Å². The molecule has 0 unspecified atom stereocenters. The number of aromatic amines is 1. The summed E-state index contributed by atoms with van der Waals surface area (Å²) in [7, 11) is 0. The number of hydrogen-bond donors (Lipinski definition) is 3. The smallest absolute Gasteiger partial charge is 0.276 e. The van der Waals surface area contributed by atoms with Crippen molar-refractivity contribution in [3.05, 3.63) is 67.5 Å². The van der Waals surface area contributed by atoms with Crippen molar-refractivity contribution in [3.63, 3.8) is 0 Å². The van der Waals surface area contributed by atoms with E-state index in [1.807, 2.05) is 0 Å². The fraction of sp³-hybridized carbons (Fsp3) is 0.0625. The summed E-state index contributed by atoms with van der Waals surface area (Å²) in [6, 6.07) is 10.0. The molecule has 0 atom stereocenters. The number of anilines is 1. The fourth-order valence-electron chi connectivity index (χ4n) is 2.16. The van der Waals surface area contributed by atoms with Crippen LogP contribution in [0.15, 0.2) is 46.3 Å². The second-order valence-electron chi connectivity index (χ2n) is 5.00. The Hall–Kier alpha value is -2.12. The maximum Gasteiger partial charge on any atom is 0.276 e. The molecule has 0 fully saturated rings. The second-order valence-corrected chi connectivity index (χ2v) is 6.26. The topological polar surface area (TPSA) is 90.4 Å². The Kier molecular flexibility index (Phi) is 5.24. The van der Waals surface area contributed by atoms with E-state index in [1.165, 1.54) is 12.1 Å². The largest absolute Gasteiger partial charge is 0.390 e. The average Bonchev–Trinajstić information content (AvgIpc) is 2.57. The number of rotatable bonds is 4. The Bertz CT molecular complexity index is 1010. The standard InChI is InChI=1S/C16H11Cl3N4O2/c17-8-5-9(18)14(10(19)6-8)23-22-13(7-24)15-16(25)21-12-4-2-1-3-11(12)20-15/h1-6,23-24H,7H2,(H,21,25)/b22-13+. The number of fused-ring (bicyclic) bond motifs is 1. The van der Waals surface area contributed by atoms with Gasteiger partial charge in [0.25, 0.3) is 5.56 Å². The van der Waals surface area contributed by atoms with Crippen molar-refractivity contribution >= 4 is 57.2 Å². The molecule has 6 nitrogen and oxygen atoms in total. The molecule has 1 heterocycles. The first-order chi connectivity index (χ1) is 12.0. The number of aliphatic hydroxyl groups excluding tert-OH is 1. The van der Waals surface area contributed by atoms with Crippen LogP contribution in [0, 0.1) is 0 Å². The highest BCUT2D eigenvalue weighted by molar-refractivity contribution is 6.41. The van der Waals surface area contributed by atoms with E-state index in [9.17, 15) is 9.90 Å². The minimum absolute atomic E-state index is 0.00471.